The van der Waals surface area contributed by atoms with Crippen molar-refractivity contribution in [1.82, 2.24) is 0 Å². The first kappa shape index (κ1) is 17.1. The Balaban J connectivity index is 2.20. The minimum Gasteiger partial charge on any atom is -0.397 e. The molecule has 0 amide bonds. The van der Waals surface area contributed by atoms with Crippen LogP contribution < -0.4 is 10.6 Å². The number of nitrogen functional groups attached to an aromatic ring is 1. The Morgan fingerprint density at radius 1 is 1.32 bits per heavy atom. The molecule has 0 spiro atoms. The van der Waals surface area contributed by atoms with Crippen LogP contribution in [0.1, 0.15) is 38.5 Å². The second-order valence-corrected chi connectivity index (χ2v) is 8.07. The number of rotatable bonds is 6. The number of unbranched alkanes of at least 4 members (excludes halogenated alkanes) is 1. The minimum atomic E-state index is -3.23. The summed E-state index contributed by atoms with van der Waals surface area (Å²) in [6.45, 7) is 1.18. The van der Waals surface area contributed by atoms with Crippen LogP contribution in [0.5, 0.6) is 0 Å². The quantitative estimate of drug-likeness (QED) is 0.618. The predicted molar refractivity (Wildman–Crippen MR) is 89.9 cm³/mol. The molecule has 1 aliphatic rings. The van der Waals surface area contributed by atoms with Gasteiger partial charge in [0.15, 0.2) is 9.84 Å². The van der Waals surface area contributed by atoms with Crippen LogP contribution in [0.15, 0.2) is 23.1 Å². The van der Waals surface area contributed by atoms with Crippen molar-refractivity contribution in [3.8, 4) is 0 Å². The maximum absolute atomic E-state index is 11.6. The molecule has 0 aliphatic carbocycles. The van der Waals surface area contributed by atoms with E-state index < -0.39 is 9.84 Å². The third kappa shape index (κ3) is 4.14. The lowest BCUT2D eigenvalue weighted by molar-refractivity contribution is 0.278. The standard InChI is InChI=1S/C16H26N2O3S/c1-22(20,21)14-8-9-16(15(17)12-14)18-10-4-2-6-13(18)7-3-5-11-19/h8-9,12-13,19H,2-7,10-11,17H2,1H3. The number of hydrogen-bond donors (Lipinski definition) is 2. The number of nitrogens with zero attached hydrogens (tertiary/aromatic N) is 1. The van der Waals surface area contributed by atoms with Gasteiger partial charge in [0, 0.05) is 25.4 Å². The highest BCUT2D eigenvalue weighted by atomic mass is 32.2. The van der Waals surface area contributed by atoms with Crippen LogP contribution in [0.2, 0.25) is 0 Å². The molecule has 0 radical (unpaired) electrons. The SMILES string of the molecule is CS(=O)(=O)c1ccc(N2CCCCC2CCCCO)c(N)c1. The van der Waals surface area contributed by atoms with Crippen molar-refractivity contribution in [2.45, 2.75) is 49.5 Å². The number of sulfone groups is 1. The first-order valence-corrected chi connectivity index (χ1v) is 9.79. The Morgan fingerprint density at radius 3 is 2.73 bits per heavy atom. The molecule has 1 saturated heterocycles. The van der Waals surface area contributed by atoms with Gasteiger partial charge in [-0.1, -0.05) is 0 Å². The number of piperidine rings is 1. The monoisotopic (exact) mass is 326 g/mol. The highest BCUT2D eigenvalue weighted by Crippen LogP contribution is 2.33. The van der Waals surface area contributed by atoms with Gasteiger partial charge in [-0.25, -0.2) is 8.42 Å². The zero-order valence-corrected chi connectivity index (χ0v) is 14.0. The minimum absolute atomic E-state index is 0.234. The Kier molecular flexibility index (Phi) is 5.69. The normalized spacial score (nSPS) is 19.4. The fraction of sp³-hybridized carbons (Fsp3) is 0.625. The molecule has 0 aromatic heterocycles. The van der Waals surface area contributed by atoms with E-state index in [2.05, 4.69) is 4.90 Å². The van der Waals surface area contributed by atoms with E-state index in [9.17, 15) is 8.42 Å². The average Bonchev–Trinajstić information content (AvgIpc) is 2.47. The lowest BCUT2D eigenvalue weighted by Gasteiger charge is -2.38. The molecule has 124 valence electrons. The van der Waals surface area contributed by atoms with Crippen molar-refractivity contribution in [3.05, 3.63) is 18.2 Å². The summed E-state index contributed by atoms with van der Waals surface area (Å²) in [5.41, 5.74) is 7.58. The summed E-state index contributed by atoms with van der Waals surface area (Å²) < 4.78 is 23.2. The molecule has 1 atom stereocenters. The van der Waals surface area contributed by atoms with Crippen LogP contribution in [0.3, 0.4) is 0 Å². The molecule has 6 heteroatoms. The van der Waals surface area contributed by atoms with Gasteiger partial charge in [0.2, 0.25) is 0 Å². The van der Waals surface area contributed by atoms with Crippen LogP contribution in [0, 0.1) is 0 Å². The number of nitrogens with two attached hydrogens (primary N) is 1. The van der Waals surface area contributed by atoms with E-state index in [4.69, 9.17) is 10.8 Å². The fourth-order valence-electron chi connectivity index (χ4n) is 3.13. The molecule has 1 aromatic carbocycles. The van der Waals surface area contributed by atoms with Gasteiger partial charge in [0.05, 0.1) is 16.3 Å². The lowest BCUT2D eigenvalue weighted by atomic mass is 9.96. The first-order chi connectivity index (χ1) is 10.4. The van der Waals surface area contributed by atoms with Crippen molar-refractivity contribution in [3.63, 3.8) is 0 Å². The molecule has 0 saturated carbocycles. The van der Waals surface area contributed by atoms with E-state index in [1.54, 1.807) is 12.1 Å². The van der Waals surface area contributed by atoms with E-state index in [0.717, 1.165) is 44.3 Å². The van der Waals surface area contributed by atoms with E-state index in [0.29, 0.717) is 11.7 Å². The molecule has 3 N–H and O–H groups in total. The Labute approximate surface area is 133 Å². The molecule has 1 fully saturated rings. The van der Waals surface area contributed by atoms with Gasteiger partial charge in [0.25, 0.3) is 0 Å². The molecular formula is C16H26N2O3S. The van der Waals surface area contributed by atoms with Gasteiger partial charge >= 0.3 is 0 Å². The summed E-state index contributed by atoms with van der Waals surface area (Å²) >= 11 is 0. The third-order valence-electron chi connectivity index (χ3n) is 4.31. The molecule has 1 unspecified atom stereocenters. The zero-order chi connectivity index (χ0) is 16.2. The van der Waals surface area contributed by atoms with Gasteiger partial charge in [-0.3, -0.25) is 0 Å². The zero-order valence-electron chi connectivity index (χ0n) is 13.2. The van der Waals surface area contributed by atoms with Crippen LogP contribution >= 0.6 is 0 Å². The number of hydrogen-bond acceptors (Lipinski definition) is 5. The molecular weight excluding hydrogens is 300 g/mol. The van der Waals surface area contributed by atoms with Crippen molar-refractivity contribution >= 4 is 21.2 Å². The van der Waals surface area contributed by atoms with Crippen LogP contribution in [-0.2, 0) is 9.84 Å². The maximum atomic E-state index is 11.6. The van der Waals surface area contributed by atoms with Gasteiger partial charge in [-0.15, -0.1) is 0 Å². The molecule has 1 heterocycles. The summed E-state index contributed by atoms with van der Waals surface area (Å²) in [5.74, 6) is 0. The van der Waals surface area contributed by atoms with Crippen molar-refractivity contribution in [1.29, 1.82) is 0 Å². The molecule has 2 rings (SSSR count). The van der Waals surface area contributed by atoms with Crippen LogP contribution in [0.25, 0.3) is 0 Å². The summed E-state index contributed by atoms with van der Waals surface area (Å²) in [5, 5.41) is 8.94. The van der Waals surface area contributed by atoms with E-state index in [-0.39, 0.29) is 11.5 Å². The first-order valence-electron chi connectivity index (χ1n) is 7.90. The molecule has 1 aromatic rings. The second kappa shape index (κ2) is 7.33. The van der Waals surface area contributed by atoms with Crippen LogP contribution in [-0.4, -0.2) is 39.0 Å². The number of aliphatic hydroxyl groups excluding tert-OH is 1. The Morgan fingerprint density at radius 2 is 2.09 bits per heavy atom. The number of anilines is 2. The van der Waals surface area contributed by atoms with E-state index in [1.807, 2.05) is 6.07 Å². The highest BCUT2D eigenvalue weighted by Gasteiger charge is 2.24. The number of aliphatic hydroxyl groups is 1. The van der Waals surface area contributed by atoms with Gasteiger partial charge in [-0.2, -0.15) is 0 Å². The summed E-state index contributed by atoms with van der Waals surface area (Å²) in [6, 6.07) is 5.45. The third-order valence-corrected chi connectivity index (χ3v) is 5.42. The largest absolute Gasteiger partial charge is 0.397 e. The smallest absolute Gasteiger partial charge is 0.175 e. The summed E-state index contributed by atoms with van der Waals surface area (Å²) in [6.07, 6.45) is 7.52. The molecule has 1 aliphatic heterocycles. The maximum Gasteiger partial charge on any atom is 0.175 e. The average molecular weight is 326 g/mol. The Bertz CT molecular complexity index is 601. The van der Waals surface area contributed by atoms with E-state index in [1.165, 1.54) is 12.7 Å². The molecule has 22 heavy (non-hydrogen) atoms. The van der Waals surface area contributed by atoms with E-state index >= 15 is 0 Å². The lowest BCUT2D eigenvalue weighted by Crippen LogP contribution is -2.40. The molecule has 5 nitrogen and oxygen atoms in total. The van der Waals surface area contributed by atoms with Crippen LogP contribution in [0.4, 0.5) is 11.4 Å². The van der Waals surface area contributed by atoms with Gasteiger partial charge in [-0.05, 0) is 56.7 Å². The van der Waals surface area contributed by atoms with Crippen molar-refractivity contribution < 1.29 is 13.5 Å². The van der Waals surface area contributed by atoms with Crippen molar-refractivity contribution in [2.75, 3.05) is 30.0 Å². The van der Waals surface area contributed by atoms with Crippen molar-refractivity contribution in [2.24, 2.45) is 0 Å². The fourth-order valence-corrected chi connectivity index (χ4v) is 3.79. The number of benzene rings is 1. The van der Waals surface area contributed by atoms with Gasteiger partial charge in [0.1, 0.15) is 0 Å². The van der Waals surface area contributed by atoms with Gasteiger partial charge < -0.3 is 15.7 Å². The summed E-state index contributed by atoms with van der Waals surface area (Å²) in [7, 11) is -3.23. The molecule has 0 bridgehead atoms. The summed E-state index contributed by atoms with van der Waals surface area (Å²) in [4.78, 5) is 2.57. The second-order valence-electron chi connectivity index (χ2n) is 6.06. The Hall–Kier alpha value is -1.27. The topological polar surface area (TPSA) is 83.6 Å². The predicted octanol–water partition coefficient (Wildman–Crippen LogP) is 2.19. The highest BCUT2D eigenvalue weighted by molar-refractivity contribution is 7.90.